The van der Waals surface area contributed by atoms with Crippen LogP contribution >= 0.6 is 0 Å². The van der Waals surface area contributed by atoms with E-state index in [9.17, 15) is 4.79 Å². The van der Waals surface area contributed by atoms with Gasteiger partial charge in [0.1, 0.15) is 5.52 Å². The van der Waals surface area contributed by atoms with E-state index in [2.05, 4.69) is 20.5 Å². The van der Waals surface area contributed by atoms with Gasteiger partial charge in [0, 0.05) is 6.54 Å². The predicted molar refractivity (Wildman–Crippen MR) is 71.9 cm³/mol. The number of rotatable bonds is 6. The van der Waals surface area contributed by atoms with Crippen LogP contribution in [0.1, 0.15) is 19.8 Å². The van der Waals surface area contributed by atoms with E-state index < -0.39 is 5.97 Å². The number of nitrogens with zero attached hydrogens (tertiary/aromatic N) is 3. The highest BCUT2D eigenvalue weighted by molar-refractivity contribution is 5.74. The van der Waals surface area contributed by atoms with Crippen LogP contribution in [0.15, 0.2) is 24.3 Å². The van der Waals surface area contributed by atoms with Crippen LogP contribution in [0.4, 0.5) is 5.95 Å². The maximum absolute atomic E-state index is 10.7. The molecule has 0 aliphatic carbocycles. The number of nitrogens with one attached hydrogen (secondary N) is 1. The van der Waals surface area contributed by atoms with Crippen molar-refractivity contribution in [3.05, 3.63) is 24.3 Å². The third-order valence-corrected chi connectivity index (χ3v) is 2.88. The summed E-state index contributed by atoms with van der Waals surface area (Å²) in [5.41, 5.74) is 1.55. The Morgan fingerprint density at radius 1 is 1.32 bits per heavy atom. The molecule has 0 fully saturated rings. The number of para-hydroxylation sites is 1. The lowest BCUT2D eigenvalue weighted by atomic mass is 10.1. The summed E-state index contributed by atoms with van der Waals surface area (Å²) < 4.78 is 0. The first-order valence-electron chi connectivity index (χ1n) is 6.23. The molecule has 2 N–H and O–H groups in total. The minimum absolute atomic E-state index is 0.322. The first-order chi connectivity index (χ1) is 9.16. The lowest BCUT2D eigenvalue weighted by molar-refractivity contribution is -0.141. The minimum atomic E-state index is -0.761. The van der Waals surface area contributed by atoms with Gasteiger partial charge in [-0.05, 0) is 25.0 Å². The molecule has 0 aliphatic rings. The molecule has 1 heterocycles. The van der Waals surface area contributed by atoms with Crippen LogP contribution in [0, 0.1) is 5.92 Å². The molecule has 2 aromatic rings. The van der Waals surface area contributed by atoms with Crippen molar-refractivity contribution < 1.29 is 9.90 Å². The molecule has 0 spiro atoms. The highest BCUT2D eigenvalue weighted by atomic mass is 16.4. The van der Waals surface area contributed by atoms with Gasteiger partial charge in [0.15, 0.2) is 0 Å². The Kier molecular flexibility index (Phi) is 4.22. The van der Waals surface area contributed by atoms with Crippen molar-refractivity contribution in [2.24, 2.45) is 5.92 Å². The van der Waals surface area contributed by atoms with E-state index in [1.807, 2.05) is 24.3 Å². The molecule has 0 amide bonds. The number of aliphatic carboxylic acids is 1. The monoisotopic (exact) mass is 260 g/mol. The van der Waals surface area contributed by atoms with Crippen LogP contribution in [0.2, 0.25) is 0 Å². The first-order valence-corrected chi connectivity index (χ1v) is 6.23. The van der Waals surface area contributed by atoms with Crippen molar-refractivity contribution in [1.82, 2.24) is 15.2 Å². The quantitative estimate of drug-likeness (QED) is 0.772. The van der Waals surface area contributed by atoms with Crippen molar-refractivity contribution in [1.29, 1.82) is 0 Å². The maximum Gasteiger partial charge on any atom is 0.306 e. The molecule has 1 atom stereocenters. The van der Waals surface area contributed by atoms with Crippen LogP contribution in [0.5, 0.6) is 0 Å². The Morgan fingerprint density at radius 3 is 2.79 bits per heavy atom. The lowest BCUT2D eigenvalue weighted by Crippen LogP contribution is -2.12. The second-order valence-corrected chi connectivity index (χ2v) is 4.43. The number of carbonyl (C=O) groups is 1. The fourth-order valence-corrected chi connectivity index (χ4v) is 1.69. The van der Waals surface area contributed by atoms with Crippen molar-refractivity contribution in [3.63, 3.8) is 0 Å². The third kappa shape index (κ3) is 3.61. The number of fused-ring (bicyclic) bond motifs is 1. The molecule has 1 unspecified atom stereocenters. The van der Waals surface area contributed by atoms with E-state index in [0.29, 0.717) is 18.9 Å². The molecule has 0 radical (unpaired) electrons. The largest absolute Gasteiger partial charge is 0.481 e. The smallest absolute Gasteiger partial charge is 0.306 e. The molecule has 0 saturated carbocycles. The summed E-state index contributed by atoms with van der Waals surface area (Å²) in [6, 6.07) is 7.52. The van der Waals surface area contributed by atoms with E-state index in [-0.39, 0.29) is 5.92 Å². The number of hydrogen-bond donors (Lipinski definition) is 2. The van der Waals surface area contributed by atoms with Crippen LogP contribution in [0.3, 0.4) is 0 Å². The third-order valence-electron chi connectivity index (χ3n) is 2.88. The van der Waals surface area contributed by atoms with Crippen molar-refractivity contribution in [2.75, 3.05) is 11.9 Å². The van der Waals surface area contributed by atoms with Crippen molar-refractivity contribution in [2.45, 2.75) is 19.8 Å². The summed E-state index contributed by atoms with van der Waals surface area (Å²) in [6.07, 6.45) is 1.38. The van der Waals surface area contributed by atoms with Gasteiger partial charge in [-0.2, -0.15) is 0 Å². The van der Waals surface area contributed by atoms with Gasteiger partial charge in [-0.15, -0.1) is 10.2 Å². The number of anilines is 1. The summed E-state index contributed by atoms with van der Waals surface area (Å²) in [6.45, 7) is 2.34. The van der Waals surface area contributed by atoms with Gasteiger partial charge in [-0.25, -0.2) is 4.98 Å². The highest BCUT2D eigenvalue weighted by Gasteiger charge is 2.09. The Morgan fingerprint density at radius 2 is 2.05 bits per heavy atom. The summed E-state index contributed by atoms with van der Waals surface area (Å²) in [5.74, 6) is -0.609. The molecule has 1 aromatic heterocycles. The summed E-state index contributed by atoms with van der Waals surface area (Å²) in [5, 5.41) is 19.8. The molecule has 0 bridgehead atoms. The normalized spacial score (nSPS) is 12.3. The van der Waals surface area contributed by atoms with E-state index in [1.165, 1.54) is 0 Å². The maximum atomic E-state index is 10.7. The molecular weight excluding hydrogens is 244 g/mol. The van der Waals surface area contributed by atoms with E-state index >= 15 is 0 Å². The number of aromatic nitrogens is 3. The van der Waals surface area contributed by atoms with Crippen LogP contribution in [-0.2, 0) is 4.79 Å². The van der Waals surface area contributed by atoms with Crippen LogP contribution < -0.4 is 5.32 Å². The van der Waals surface area contributed by atoms with Gasteiger partial charge >= 0.3 is 5.97 Å². The molecule has 19 heavy (non-hydrogen) atoms. The topological polar surface area (TPSA) is 88.0 Å². The Labute approximate surface area is 110 Å². The number of hydrogen-bond acceptors (Lipinski definition) is 5. The number of carboxylic acids is 1. The summed E-state index contributed by atoms with van der Waals surface area (Å²) in [7, 11) is 0. The first kappa shape index (κ1) is 13.2. The van der Waals surface area contributed by atoms with Crippen molar-refractivity contribution in [3.8, 4) is 0 Å². The molecule has 6 heteroatoms. The highest BCUT2D eigenvalue weighted by Crippen LogP contribution is 2.09. The average molecular weight is 260 g/mol. The van der Waals surface area contributed by atoms with Crippen LogP contribution in [0.25, 0.3) is 11.0 Å². The summed E-state index contributed by atoms with van der Waals surface area (Å²) >= 11 is 0. The molecule has 100 valence electrons. The van der Waals surface area contributed by atoms with Gasteiger partial charge in [-0.1, -0.05) is 19.1 Å². The van der Waals surface area contributed by atoms with Crippen molar-refractivity contribution >= 4 is 23.0 Å². The van der Waals surface area contributed by atoms with Gasteiger partial charge in [0.2, 0.25) is 5.95 Å². The van der Waals surface area contributed by atoms with Gasteiger partial charge in [-0.3, -0.25) is 4.79 Å². The van der Waals surface area contributed by atoms with E-state index in [0.717, 1.165) is 17.5 Å². The number of benzene rings is 1. The van der Waals surface area contributed by atoms with Crippen LogP contribution in [-0.4, -0.2) is 32.8 Å². The molecule has 2 rings (SSSR count). The van der Waals surface area contributed by atoms with Gasteiger partial charge < -0.3 is 10.4 Å². The molecular formula is C13H16N4O2. The second kappa shape index (κ2) is 6.08. The molecule has 0 aliphatic heterocycles. The summed E-state index contributed by atoms with van der Waals surface area (Å²) in [4.78, 5) is 15.0. The van der Waals surface area contributed by atoms with E-state index in [4.69, 9.17) is 5.11 Å². The Bertz CT molecular complexity index is 573. The standard InChI is InChI=1S/C13H16N4O2/c1-9(12(18)19)5-4-8-14-13-15-10-6-2-3-7-11(10)16-17-13/h2-3,6-7,9H,4-5,8H2,1H3,(H,18,19)(H,14,15,17). The SMILES string of the molecule is CC(CCCNc1nnc2ccccc2n1)C(=O)O. The van der Waals surface area contributed by atoms with E-state index in [1.54, 1.807) is 6.92 Å². The minimum Gasteiger partial charge on any atom is -0.481 e. The number of carboxylic acid groups (broad SMARTS) is 1. The lowest BCUT2D eigenvalue weighted by Gasteiger charge is -2.07. The zero-order valence-corrected chi connectivity index (χ0v) is 10.7. The zero-order chi connectivity index (χ0) is 13.7. The predicted octanol–water partition coefficient (Wildman–Crippen LogP) is 1.94. The average Bonchev–Trinajstić information content (AvgIpc) is 2.43. The fraction of sp³-hybridized carbons (Fsp3) is 0.385. The molecule has 0 saturated heterocycles. The van der Waals surface area contributed by atoms with Gasteiger partial charge in [0.25, 0.3) is 0 Å². The van der Waals surface area contributed by atoms with Gasteiger partial charge in [0.05, 0.1) is 11.4 Å². The second-order valence-electron chi connectivity index (χ2n) is 4.43. The Balaban J connectivity index is 1.86. The fourth-order valence-electron chi connectivity index (χ4n) is 1.69. The molecule has 6 nitrogen and oxygen atoms in total. The molecule has 1 aromatic carbocycles. The Hall–Kier alpha value is -2.24. The zero-order valence-electron chi connectivity index (χ0n) is 10.7.